The highest BCUT2D eigenvalue weighted by Crippen LogP contribution is 2.38. The molecule has 1 saturated heterocycles. The molecule has 1 aliphatic heterocycles. The lowest BCUT2D eigenvalue weighted by molar-refractivity contribution is -0.274. The molecule has 4 rings (SSSR count). The lowest BCUT2D eigenvalue weighted by atomic mass is 10.1. The molecule has 1 fully saturated rings. The summed E-state index contributed by atoms with van der Waals surface area (Å²) in [6.45, 7) is 1.51. The Morgan fingerprint density at radius 2 is 2.18 bits per heavy atom. The molecule has 150 valence electrons. The average molecular weight is 412 g/mol. The zero-order chi connectivity index (χ0) is 19.7. The molecular formula is C18H19F3N4O2S. The SMILES string of the molecule is CNC1CCCCN(c2nc3cc(OC(F)(F)F)cc(-c4nccs4)c3o2)C1. The van der Waals surface area contributed by atoms with Crippen molar-refractivity contribution in [2.75, 3.05) is 25.0 Å². The maximum absolute atomic E-state index is 12.7. The smallest absolute Gasteiger partial charge is 0.423 e. The van der Waals surface area contributed by atoms with Crippen molar-refractivity contribution >= 4 is 28.5 Å². The van der Waals surface area contributed by atoms with E-state index in [-0.39, 0.29) is 5.75 Å². The van der Waals surface area contributed by atoms with Gasteiger partial charge >= 0.3 is 6.36 Å². The van der Waals surface area contributed by atoms with Crippen LogP contribution in [0, 0.1) is 0 Å². The van der Waals surface area contributed by atoms with Gasteiger partial charge in [0.25, 0.3) is 6.01 Å². The molecule has 6 nitrogen and oxygen atoms in total. The number of likely N-dealkylation sites (N-methyl/N-ethyl adjacent to an activating group) is 1. The van der Waals surface area contributed by atoms with Crippen molar-refractivity contribution in [3.8, 4) is 16.3 Å². The van der Waals surface area contributed by atoms with E-state index in [4.69, 9.17) is 4.42 Å². The van der Waals surface area contributed by atoms with Crippen molar-refractivity contribution in [1.82, 2.24) is 15.3 Å². The molecule has 0 spiro atoms. The van der Waals surface area contributed by atoms with Crippen LogP contribution in [0.3, 0.4) is 0 Å². The Balaban J connectivity index is 1.77. The Bertz CT molecular complexity index is 942. The molecule has 1 N–H and O–H groups in total. The zero-order valence-corrected chi connectivity index (χ0v) is 15.9. The van der Waals surface area contributed by atoms with E-state index in [1.165, 1.54) is 23.5 Å². The van der Waals surface area contributed by atoms with Gasteiger partial charge < -0.3 is 19.4 Å². The van der Waals surface area contributed by atoms with Crippen molar-refractivity contribution in [3.05, 3.63) is 23.7 Å². The Kier molecular flexibility index (Phi) is 5.15. The number of ether oxygens (including phenoxy) is 1. The van der Waals surface area contributed by atoms with Crippen LogP contribution in [0.2, 0.25) is 0 Å². The number of rotatable bonds is 4. The first kappa shape index (κ1) is 19.0. The van der Waals surface area contributed by atoms with E-state index in [0.717, 1.165) is 32.4 Å². The Labute approximate surface area is 163 Å². The van der Waals surface area contributed by atoms with E-state index < -0.39 is 6.36 Å². The minimum atomic E-state index is -4.79. The third-order valence-electron chi connectivity index (χ3n) is 4.70. The van der Waals surface area contributed by atoms with Crippen molar-refractivity contribution in [2.45, 2.75) is 31.7 Å². The van der Waals surface area contributed by atoms with Gasteiger partial charge in [-0.1, -0.05) is 6.42 Å². The van der Waals surface area contributed by atoms with Crippen molar-refractivity contribution in [3.63, 3.8) is 0 Å². The molecular weight excluding hydrogens is 393 g/mol. The van der Waals surface area contributed by atoms with Crippen LogP contribution in [0.4, 0.5) is 19.2 Å². The van der Waals surface area contributed by atoms with Crippen LogP contribution in [-0.4, -0.2) is 42.5 Å². The molecule has 1 aromatic carbocycles. The summed E-state index contributed by atoms with van der Waals surface area (Å²) in [4.78, 5) is 10.7. The normalized spacial score (nSPS) is 18.4. The first-order chi connectivity index (χ1) is 13.4. The van der Waals surface area contributed by atoms with E-state index in [0.29, 0.717) is 33.7 Å². The minimum absolute atomic E-state index is 0.306. The van der Waals surface area contributed by atoms with Gasteiger partial charge in [-0.15, -0.1) is 24.5 Å². The molecule has 0 amide bonds. The molecule has 3 heterocycles. The second-order valence-electron chi connectivity index (χ2n) is 6.63. The van der Waals surface area contributed by atoms with Gasteiger partial charge in [0, 0.05) is 36.8 Å². The molecule has 1 unspecified atom stereocenters. The van der Waals surface area contributed by atoms with E-state index >= 15 is 0 Å². The van der Waals surface area contributed by atoms with Crippen molar-refractivity contribution in [1.29, 1.82) is 0 Å². The number of oxazole rings is 1. The van der Waals surface area contributed by atoms with Gasteiger partial charge in [-0.2, -0.15) is 4.98 Å². The van der Waals surface area contributed by atoms with E-state index in [2.05, 4.69) is 20.0 Å². The van der Waals surface area contributed by atoms with Crippen LogP contribution >= 0.6 is 11.3 Å². The summed E-state index contributed by atoms with van der Waals surface area (Å²) in [5.41, 5.74) is 1.16. The van der Waals surface area contributed by atoms with Gasteiger partial charge in [-0.05, 0) is 26.0 Å². The van der Waals surface area contributed by atoms with Gasteiger partial charge in [0.15, 0.2) is 5.58 Å². The highest BCUT2D eigenvalue weighted by atomic mass is 32.1. The summed E-state index contributed by atoms with van der Waals surface area (Å²) in [6, 6.07) is 3.25. The van der Waals surface area contributed by atoms with E-state index in [9.17, 15) is 13.2 Å². The van der Waals surface area contributed by atoms with Crippen LogP contribution in [0.15, 0.2) is 28.1 Å². The fraction of sp³-hybridized carbons (Fsp3) is 0.444. The highest BCUT2D eigenvalue weighted by molar-refractivity contribution is 7.13. The Hall–Kier alpha value is -2.33. The standard InChI is InChI=1S/C18H19F3N4O2S/c1-22-11-4-2-3-6-25(10-11)17-24-14-9-12(27-18(19,20)21)8-13(15(14)26-17)16-23-5-7-28-16/h5,7-9,11,22H,2-4,6,10H2,1H3. The van der Waals surface area contributed by atoms with Gasteiger partial charge in [-0.25, -0.2) is 4.98 Å². The maximum atomic E-state index is 12.7. The van der Waals surface area contributed by atoms with Crippen molar-refractivity contribution < 1.29 is 22.3 Å². The molecule has 1 atom stereocenters. The highest BCUT2D eigenvalue weighted by Gasteiger charge is 2.32. The van der Waals surface area contributed by atoms with E-state index in [1.807, 2.05) is 11.9 Å². The predicted octanol–water partition coefficient (Wildman–Crippen LogP) is 4.43. The van der Waals surface area contributed by atoms with Crippen LogP contribution in [0.25, 0.3) is 21.7 Å². The van der Waals surface area contributed by atoms with Crippen LogP contribution in [0.1, 0.15) is 19.3 Å². The molecule has 10 heteroatoms. The second kappa shape index (κ2) is 7.59. The number of nitrogens with one attached hydrogen (secondary N) is 1. The largest absolute Gasteiger partial charge is 0.573 e. The number of hydrogen-bond donors (Lipinski definition) is 1. The third kappa shape index (κ3) is 4.07. The number of anilines is 1. The number of halogens is 3. The summed E-state index contributed by atoms with van der Waals surface area (Å²) in [6.07, 6.45) is -0.0477. The number of fused-ring (bicyclic) bond motifs is 1. The molecule has 28 heavy (non-hydrogen) atoms. The maximum Gasteiger partial charge on any atom is 0.573 e. The third-order valence-corrected chi connectivity index (χ3v) is 5.51. The lowest BCUT2D eigenvalue weighted by Gasteiger charge is -2.22. The molecule has 0 aliphatic carbocycles. The lowest BCUT2D eigenvalue weighted by Crippen LogP contribution is -2.38. The second-order valence-corrected chi connectivity index (χ2v) is 7.52. The van der Waals surface area contributed by atoms with Gasteiger partial charge in [0.05, 0.1) is 5.56 Å². The molecule has 2 aromatic heterocycles. The summed E-state index contributed by atoms with van der Waals surface area (Å²) in [5.74, 6) is -0.339. The average Bonchev–Trinajstić information content (AvgIpc) is 3.24. The predicted molar refractivity (Wildman–Crippen MR) is 101 cm³/mol. The van der Waals surface area contributed by atoms with Crippen LogP contribution < -0.4 is 15.0 Å². The molecule has 3 aromatic rings. The number of nitrogens with zero attached hydrogens (tertiary/aromatic N) is 3. The number of hydrogen-bond acceptors (Lipinski definition) is 7. The van der Waals surface area contributed by atoms with Gasteiger partial charge in [-0.3, -0.25) is 0 Å². The number of thiazole rings is 1. The summed E-state index contributed by atoms with van der Waals surface area (Å²) in [7, 11) is 1.92. The van der Waals surface area contributed by atoms with Crippen LogP contribution in [0.5, 0.6) is 5.75 Å². The van der Waals surface area contributed by atoms with Crippen molar-refractivity contribution in [2.24, 2.45) is 0 Å². The quantitative estimate of drug-likeness (QED) is 0.684. The Morgan fingerprint density at radius 3 is 2.89 bits per heavy atom. The summed E-state index contributed by atoms with van der Waals surface area (Å²) < 4.78 is 48.4. The number of benzene rings is 1. The minimum Gasteiger partial charge on any atom is -0.423 e. The fourth-order valence-electron chi connectivity index (χ4n) is 3.39. The number of alkyl halides is 3. The topological polar surface area (TPSA) is 63.4 Å². The summed E-state index contributed by atoms with van der Waals surface area (Å²) in [5, 5.41) is 5.58. The molecule has 0 saturated carbocycles. The Morgan fingerprint density at radius 1 is 1.32 bits per heavy atom. The number of aromatic nitrogens is 2. The summed E-state index contributed by atoms with van der Waals surface area (Å²) >= 11 is 1.31. The zero-order valence-electron chi connectivity index (χ0n) is 15.1. The molecule has 0 bridgehead atoms. The fourth-order valence-corrected chi connectivity index (χ4v) is 4.04. The molecule has 0 radical (unpaired) electrons. The van der Waals surface area contributed by atoms with Gasteiger partial charge in [0.2, 0.25) is 0 Å². The first-order valence-corrected chi connectivity index (χ1v) is 9.83. The monoisotopic (exact) mass is 412 g/mol. The van der Waals surface area contributed by atoms with Crippen LogP contribution in [-0.2, 0) is 0 Å². The first-order valence-electron chi connectivity index (χ1n) is 8.95. The van der Waals surface area contributed by atoms with Gasteiger partial charge in [0.1, 0.15) is 16.3 Å². The van der Waals surface area contributed by atoms with E-state index in [1.54, 1.807) is 11.6 Å². The molecule has 1 aliphatic rings.